The summed E-state index contributed by atoms with van der Waals surface area (Å²) in [6.45, 7) is 3.66. The molecule has 0 atom stereocenters. The van der Waals surface area contributed by atoms with E-state index in [0.717, 1.165) is 11.1 Å². The molecule has 0 heterocycles. The average Bonchev–Trinajstić information content (AvgIpc) is 2.87. The Hall–Kier alpha value is -4.53. The number of hydrogen-bond acceptors (Lipinski definition) is 8. The molecule has 0 bridgehead atoms. The Balaban J connectivity index is 1.61. The van der Waals surface area contributed by atoms with Crippen LogP contribution in [-0.2, 0) is 4.79 Å². The number of methoxy groups -OCH3 is 3. The Kier molecular flexibility index (Phi) is 8.88. The second kappa shape index (κ2) is 12.3. The van der Waals surface area contributed by atoms with Crippen molar-refractivity contribution in [2.75, 3.05) is 27.9 Å². The van der Waals surface area contributed by atoms with Crippen molar-refractivity contribution in [1.82, 2.24) is 5.43 Å². The number of rotatable bonds is 10. The van der Waals surface area contributed by atoms with Gasteiger partial charge < -0.3 is 23.7 Å². The van der Waals surface area contributed by atoms with Crippen molar-refractivity contribution in [1.29, 1.82) is 0 Å². The molecule has 0 spiro atoms. The van der Waals surface area contributed by atoms with Gasteiger partial charge >= 0.3 is 5.97 Å². The average molecular weight is 493 g/mol. The Morgan fingerprint density at radius 2 is 1.50 bits per heavy atom. The van der Waals surface area contributed by atoms with Gasteiger partial charge in [0.05, 0.1) is 33.1 Å². The number of carbonyl (C=O) groups excluding carboxylic acids is 2. The first-order chi connectivity index (χ1) is 17.4. The van der Waals surface area contributed by atoms with Crippen LogP contribution >= 0.6 is 0 Å². The molecule has 36 heavy (non-hydrogen) atoms. The lowest BCUT2D eigenvalue weighted by Crippen LogP contribution is -2.25. The molecule has 0 aromatic heterocycles. The summed E-state index contributed by atoms with van der Waals surface area (Å²) in [6.07, 6.45) is 1.44. The van der Waals surface area contributed by atoms with E-state index in [9.17, 15) is 9.59 Å². The molecule has 3 aromatic rings. The number of amides is 1. The number of hydrazone groups is 1. The smallest absolute Gasteiger partial charge is 0.343 e. The molecule has 9 nitrogen and oxygen atoms in total. The molecule has 188 valence electrons. The Bertz CT molecular complexity index is 1230. The van der Waals surface area contributed by atoms with E-state index in [2.05, 4.69) is 10.5 Å². The molecule has 1 N–H and O–H groups in total. The quantitative estimate of drug-likeness (QED) is 0.197. The van der Waals surface area contributed by atoms with Crippen LogP contribution in [0.5, 0.6) is 28.7 Å². The van der Waals surface area contributed by atoms with Gasteiger partial charge in [-0.3, -0.25) is 4.79 Å². The third-order valence-electron chi connectivity index (χ3n) is 5.13. The van der Waals surface area contributed by atoms with Gasteiger partial charge in [0, 0.05) is 0 Å². The van der Waals surface area contributed by atoms with Crippen LogP contribution in [0.2, 0.25) is 0 Å². The molecule has 0 aliphatic carbocycles. The fourth-order valence-corrected chi connectivity index (χ4v) is 3.40. The van der Waals surface area contributed by atoms with Crippen molar-refractivity contribution in [3.05, 3.63) is 76.9 Å². The number of carbonyl (C=O) groups is 2. The van der Waals surface area contributed by atoms with Gasteiger partial charge in [-0.15, -0.1) is 0 Å². The van der Waals surface area contributed by atoms with Gasteiger partial charge in [-0.1, -0.05) is 30.3 Å². The number of para-hydroxylation sites is 1. The van der Waals surface area contributed by atoms with Crippen LogP contribution in [-0.4, -0.2) is 46.0 Å². The number of aryl methyl sites for hydroxylation is 2. The van der Waals surface area contributed by atoms with Crippen molar-refractivity contribution < 1.29 is 33.3 Å². The first kappa shape index (κ1) is 26.1. The Morgan fingerprint density at radius 1 is 0.861 bits per heavy atom. The first-order valence-corrected chi connectivity index (χ1v) is 11.0. The van der Waals surface area contributed by atoms with E-state index in [1.165, 1.54) is 39.7 Å². The van der Waals surface area contributed by atoms with Crippen LogP contribution in [0.4, 0.5) is 0 Å². The van der Waals surface area contributed by atoms with Gasteiger partial charge in [0.1, 0.15) is 11.5 Å². The maximum Gasteiger partial charge on any atom is 0.343 e. The normalized spacial score (nSPS) is 10.6. The van der Waals surface area contributed by atoms with Crippen LogP contribution in [0, 0.1) is 13.8 Å². The van der Waals surface area contributed by atoms with Crippen molar-refractivity contribution in [2.24, 2.45) is 5.10 Å². The van der Waals surface area contributed by atoms with Crippen molar-refractivity contribution in [2.45, 2.75) is 13.8 Å². The predicted molar refractivity (Wildman–Crippen MR) is 135 cm³/mol. The highest BCUT2D eigenvalue weighted by atomic mass is 16.5. The molecule has 0 saturated carbocycles. The number of esters is 1. The number of nitrogens with one attached hydrogen (secondary N) is 1. The van der Waals surface area contributed by atoms with Crippen molar-refractivity contribution in [3.63, 3.8) is 0 Å². The summed E-state index contributed by atoms with van der Waals surface area (Å²) in [7, 11) is 4.40. The second-order valence-electron chi connectivity index (χ2n) is 7.68. The van der Waals surface area contributed by atoms with E-state index >= 15 is 0 Å². The van der Waals surface area contributed by atoms with Gasteiger partial charge in [0.2, 0.25) is 5.75 Å². The third kappa shape index (κ3) is 6.53. The fraction of sp³-hybridized carbons (Fsp3) is 0.222. The van der Waals surface area contributed by atoms with Crippen LogP contribution in [0.1, 0.15) is 27.0 Å². The van der Waals surface area contributed by atoms with Crippen molar-refractivity contribution >= 4 is 18.1 Å². The molecule has 0 aliphatic heterocycles. The zero-order chi connectivity index (χ0) is 26.1. The SMILES string of the molecule is COc1cc(C(=O)Oc2cccc(/C=N\NC(=O)COc3c(C)cccc3C)c2)cc(OC)c1OC. The highest BCUT2D eigenvalue weighted by molar-refractivity contribution is 5.93. The minimum absolute atomic E-state index is 0.171. The van der Waals surface area contributed by atoms with Gasteiger partial charge in [0.25, 0.3) is 5.91 Å². The van der Waals surface area contributed by atoms with Crippen LogP contribution in [0.15, 0.2) is 59.7 Å². The molecule has 3 aromatic carbocycles. The molecule has 9 heteroatoms. The summed E-state index contributed by atoms with van der Waals surface area (Å²) in [5, 5.41) is 3.95. The number of nitrogens with zero attached hydrogens (tertiary/aromatic N) is 1. The summed E-state index contributed by atoms with van der Waals surface area (Å²) >= 11 is 0. The van der Waals surface area contributed by atoms with E-state index in [4.69, 9.17) is 23.7 Å². The summed E-state index contributed by atoms with van der Waals surface area (Å²) in [5.74, 6) is 1.00. The van der Waals surface area contributed by atoms with Crippen LogP contribution in [0.25, 0.3) is 0 Å². The highest BCUT2D eigenvalue weighted by Crippen LogP contribution is 2.38. The topological polar surface area (TPSA) is 105 Å². The molecular weight excluding hydrogens is 464 g/mol. The summed E-state index contributed by atoms with van der Waals surface area (Å²) in [5.41, 5.74) is 5.15. The molecule has 1 amide bonds. The van der Waals surface area contributed by atoms with Crippen molar-refractivity contribution in [3.8, 4) is 28.7 Å². The van der Waals surface area contributed by atoms with E-state index in [1.54, 1.807) is 24.3 Å². The number of hydrogen-bond donors (Lipinski definition) is 1. The molecule has 0 aliphatic rings. The van der Waals surface area contributed by atoms with E-state index in [-0.39, 0.29) is 12.2 Å². The van der Waals surface area contributed by atoms with E-state index in [0.29, 0.717) is 34.3 Å². The van der Waals surface area contributed by atoms with E-state index in [1.807, 2.05) is 32.0 Å². The maximum atomic E-state index is 12.7. The summed E-state index contributed by atoms with van der Waals surface area (Å²) < 4.78 is 26.9. The first-order valence-electron chi connectivity index (χ1n) is 11.0. The number of ether oxygens (including phenoxy) is 5. The summed E-state index contributed by atoms with van der Waals surface area (Å²) in [4.78, 5) is 24.8. The molecule has 0 unspecified atom stereocenters. The van der Waals surface area contributed by atoms with Crippen LogP contribution < -0.4 is 29.1 Å². The minimum Gasteiger partial charge on any atom is -0.493 e. The zero-order valence-corrected chi connectivity index (χ0v) is 20.8. The lowest BCUT2D eigenvalue weighted by Gasteiger charge is -2.13. The van der Waals surface area contributed by atoms with Crippen LogP contribution in [0.3, 0.4) is 0 Å². The second-order valence-corrected chi connectivity index (χ2v) is 7.68. The Labute approximate surface area is 209 Å². The van der Waals surface area contributed by atoms with Gasteiger partial charge in [-0.25, -0.2) is 10.2 Å². The monoisotopic (exact) mass is 492 g/mol. The molecule has 0 fully saturated rings. The van der Waals surface area contributed by atoms with Gasteiger partial charge in [-0.2, -0.15) is 5.10 Å². The zero-order valence-electron chi connectivity index (χ0n) is 20.8. The molecule has 0 radical (unpaired) electrons. The summed E-state index contributed by atoms with van der Waals surface area (Å²) in [6, 6.07) is 15.5. The largest absolute Gasteiger partial charge is 0.493 e. The minimum atomic E-state index is -0.611. The highest BCUT2D eigenvalue weighted by Gasteiger charge is 2.18. The number of benzene rings is 3. The lowest BCUT2D eigenvalue weighted by molar-refractivity contribution is -0.123. The van der Waals surface area contributed by atoms with E-state index < -0.39 is 11.9 Å². The third-order valence-corrected chi connectivity index (χ3v) is 5.13. The standard InChI is InChI=1S/C27H28N2O7/c1-17-8-6-9-18(2)25(17)35-16-24(30)29-28-15-19-10-7-11-21(12-19)36-27(31)20-13-22(32-3)26(34-5)23(14-20)33-4/h6-15H,16H2,1-5H3,(H,29,30)/b28-15-. The fourth-order valence-electron chi connectivity index (χ4n) is 3.40. The molecular formula is C27H28N2O7. The predicted octanol–water partition coefficient (Wildman–Crippen LogP) is 4.08. The Morgan fingerprint density at radius 3 is 2.11 bits per heavy atom. The van der Waals surface area contributed by atoms with Gasteiger partial charge in [0.15, 0.2) is 18.1 Å². The lowest BCUT2D eigenvalue weighted by atomic mass is 10.1. The molecule has 3 rings (SSSR count). The maximum absolute atomic E-state index is 12.7. The van der Waals surface area contributed by atoms with Gasteiger partial charge in [-0.05, 0) is 54.8 Å². The molecule has 0 saturated heterocycles.